The molecule has 1 N–H and O–H groups in total. The first-order chi connectivity index (χ1) is 17.4. The fourth-order valence-electron chi connectivity index (χ4n) is 4.82. The number of aryl methyl sites for hydroxylation is 3. The van der Waals surface area contributed by atoms with Crippen LogP contribution in [0.25, 0.3) is 5.69 Å². The van der Waals surface area contributed by atoms with Crippen LogP contribution >= 0.6 is 11.6 Å². The van der Waals surface area contributed by atoms with Crippen LogP contribution in [0.2, 0.25) is 5.02 Å². The number of rotatable bonds is 4. The number of benzene rings is 2. The van der Waals surface area contributed by atoms with E-state index in [0.29, 0.717) is 42.2 Å². The zero-order chi connectivity index (χ0) is 26.9. The molecular formula is C29H35ClN4O3. The van der Waals surface area contributed by atoms with Crippen molar-refractivity contribution in [3.63, 3.8) is 0 Å². The lowest BCUT2D eigenvalue weighted by Gasteiger charge is -2.34. The quantitative estimate of drug-likeness (QED) is 0.408. The van der Waals surface area contributed by atoms with Crippen molar-refractivity contribution < 1.29 is 14.3 Å². The molecule has 196 valence electrons. The molecule has 7 nitrogen and oxygen atoms in total. The minimum Gasteiger partial charge on any atom is -0.444 e. The van der Waals surface area contributed by atoms with E-state index in [0.717, 1.165) is 28.1 Å². The van der Waals surface area contributed by atoms with E-state index in [4.69, 9.17) is 21.4 Å². The normalized spacial score (nSPS) is 14.5. The molecule has 8 heteroatoms. The highest BCUT2D eigenvalue weighted by atomic mass is 35.5. The number of nitrogens with zero attached hydrogens (tertiary/aromatic N) is 3. The number of carbonyl (C=O) groups is 2. The zero-order valence-corrected chi connectivity index (χ0v) is 23.1. The van der Waals surface area contributed by atoms with Crippen molar-refractivity contribution in [2.75, 3.05) is 18.4 Å². The molecule has 2 amide bonds. The van der Waals surface area contributed by atoms with Crippen molar-refractivity contribution in [3.05, 3.63) is 75.6 Å². The summed E-state index contributed by atoms with van der Waals surface area (Å²) in [7, 11) is 0. The molecule has 0 unspecified atom stereocenters. The summed E-state index contributed by atoms with van der Waals surface area (Å²) in [5, 5.41) is 8.30. The average molecular weight is 523 g/mol. The number of likely N-dealkylation sites (tertiary alicyclic amines) is 1. The standard InChI is InChI=1S/C29H35ClN4O3/c1-18-10-11-22(30)16-24(18)32-27(35)23-17-31-34(25-19(2)8-7-9-20(25)3)26(23)21-12-14-33(15-13-21)28(36)37-29(4,5)6/h7-11,16-17,21H,12-15H2,1-6H3,(H,32,35). The third-order valence-corrected chi connectivity index (χ3v) is 6.92. The van der Waals surface area contributed by atoms with Gasteiger partial charge in [0.25, 0.3) is 5.91 Å². The third-order valence-electron chi connectivity index (χ3n) is 6.68. The smallest absolute Gasteiger partial charge is 0.410 e. The summed E-state index contributed by atoms with van der Waals surface area (Å²) in [5.41, 5.74) is 5.57. The summed E-state index contributed by atoms with van der Waals surface area (Å²) in [6, 6.07) is 11.6. The highest BCUT2D eigenvalue weighted by Gasteiger charge is 2.32. The number of aromatic nitrogens is 2. The number of carbonyl (C=O) groups excluding carboxylic acids is 2. The molecule has 0 spiro atoms. The van der Waals surface area contributed by atoms with E-state index in [1.165, 1.54) is 0 Å². The summed E-state index contributed by atoms with van der Waals surface area (Å²) in [4.78, 5) is 28.0. The molecular weight excluding hydrogens is 488 g/mol. The Morgan fingerprint density at radius 1 is 1.03 bits per heavy atom. The molecule has 2 heterocycles. The molecule has 0 bridgehead atoms. The Morgan fingerprint density at radius 2 is 1.68 bits per heavy atom. The van der Waals surface area contributed by atoms with Crippen molar-refractivity contribution in [2.24, 2.45) is 0 Å². The van der Waals surface area contributed by atoms with Gasteiger partial charge in [-0.25, -0.2) is 9.48 Å². The third kappa shape index (κ3) is 5.99. The monoisotopic (exact) mass is 522 g/mol. The fourth-order valence-corrected chi connectivity index (χ4v) is 5.00. The van der Waals surface area contributed by atoms with Gasteiger partial charge in [-0.15, -0.1) is 0 Å². The molecule has 0 saturated carbocycles. The molecule has 1 aliphatic heterocycles. The second kappa shape index (κ2) is 10.6. The predicted molar refractivity (Wildman–Crippen MR) is 147 cm³/mol. The number of anilines is 1. The van der Waals surface area contributed by atoms with Crippen molar-refractivity contribution in [1.29, 1.82) is 0 Å². The summed E-state index contributed by atoms with van der Waals surface area (Å²) in [6.07, 6.45) is 2.75. The molecule has 2 aromatic carbocycles. The van der Waals surface area contributed by atoms with E-state index < -0.39 is 5.60 Å². The average Bonchev–Trinajstić information content (AvgIpc) is 3.25. The van der Waals surface area contributed by atoms with E-state index >= 15 is 0 Å². The Hall–Kier alpha value is -3.32. The SMILES string of the molecule is Cc1ccc(Cl)cc1NC(=O)c1cnn(-c2c(C)cccc2C)c1C1CCN(C(=O)OC(C)(C)C)CC1. The topological polar surface area (TPSA) is 76.5 Å². The van der Waals surface area contributed by atoms with Gasteiger partial charge in [0.1, 0.15) is 5.60 Å². The Kier molecular flexibility index (Phi) is 7.64. The molecule has 37 heavy (non-hydrogen) atoms. The minimum absolute atomic E-state index is 0.0430. The lowest BCUT2D eigenvalue weighted by atomic mass is 9.90. The van der Waals surface area contributed by atoms with Gasteiger partial charge in [-0.05, 0) is 83.2 Å². The zero-order valence-electron chi connectivity index (χ0n) is 22.4. The molecule has 1 fully saturated rings. The maximum atomic E-state index is 13.6. The van der Waals surface area contributed by atoms with Crippen LogP contribution in [0.1, 0.15) is 72.3 Å². The van der Waals surface area contributed by atoms with Crippen molar-refractivity contribution >= 4 is 29.3 Å². The van der Waals surface area contributed by atoms with Gasteiger partial charge in [-0.2, -0.15) is 5.10 Å². The minimum atomic E-state index is -0.543. The number of para-hydroxylation sites is 1. The fraction of sp³-hybridized carbons (Fsp3) is 0.414. The van der Waals surface area contributed by atoms with Crippen molar-refractivity contribution in [3.8, 4) is 5.69 Å². The highest BCUT2D eigenvalue weighted by Crippen LogP contribution is 2.34. The molecule has 1 aromatic heterocycles. The van der Waals surface area contributed by atoms with Crippen LogP contribution in [-0.2, 0) is 4.74 Å². The van der Waals surface area contributed by atoms with E-state index in [-0.39, 0.29) is 17.9 Å². The van der Waals surface area contributed by atoms with Gasteiger partial charge in [0.2, 0.25) is 0 Å². The van der Waals surface area contributed by atoms with Crippen LogP contribution in [0.5, 0.6) is 0 Å². The van der Waals surface area contributed by atoms with Gasteiger partial charge >= 0.3 is 6.09 Å². The Balaban J connectivity index is 1.68. The molecule has 4 rings (SSSR count). The van der Waals surface area contributed by atoms with Crippen LogP contribution in [0.15, 0.2) is 42.6 Å². The number of halogens is 1. The lowest BCUT2D eigenvalue weighted by Crippen LogP contribution is -2.41. The molecule has 3 aromatic rings. The number of nitrogens with one attached hydrogen (secondary N) is 1. The second-order valence-corrected chi connectivity index (χ2v) is 11.2. The van der Waals surface area contributed by atoms with Gasteiger partial charge in [0.15, 0.2) is 0 Å². The molecule has 0 atom stereocenters. The Morgan fingerprint density at radius 3 is 2.30 bits per heavy atom. The first kappa shape index (κ1) is 26.7. The Bertz CT molecular complexity index is 1300. The number of amides is 2. The van der Waals surface area contributed by atoms with Gasteiger partial charge in [0, 0.05) is 29.7 Å². The summed E-state index contributed by atoms with van der Waals surface area (Å²) in [6.45, 7) is 12.7. The van der Waals surface area contributed by atoms with Crippen LogP contribution in [0.4, 0.5) is 10.5 Å². The number of hydrogen-bond donors (Lipinski definition) is 1. The number of hydrogen-bond acceptors (Lipinski definition) is 4. The second-order valence-electron chi connectivity index (χ2n) is 10.8. The summed E-state index contributed by atoms with van der Waals surface area (Å²) in [5.74, 6) is -0.186. The van der Waals surface area contributed by atoms with Gasteiger partial charge in [0.05, 0.1) is 23.1 Å². The lowest BCUT2D eigenvalue weighted by molar-refractivity contribution is 0.0203. The van der Waals surface area contributed by atoms with E-state index in [9.17, 15) is 9.59 Å². The summed E-state index contributed by atoms with van der Waals surface area (Å²) >= 11 is 6.19. The van der Waals surface area contributed by atoms with E-state index in [1.54, 1.807) is 23.2 Å². The van der Waals surface area contributed by atoms with Crippen LogP contribution in [-0.4, -0.2) is 45.4 Å². The molecule has 1 aliphatic rings. The van der Waals surface area contributed by atoms with Crippen molar-refractivity contribution in [1.82, 2.24) is 14.7 Å². The van der Waals surface area contributed by atoms with Gasteiger partial charge in [-0.3, -0.25) is 4.79 Å². The first-order valence-corrected chi connectivity index (χ1v) is 13.0. The Labute approximate surface area is 223 Å². The number of ether oxygens (including phenoxy) is 1. The van der Waals surface area contributed by atoms with E-state index in [1.807, 2.05) is 70.5 Å². The molecule has 0 radical (unpaired) electrons. The van der Waals surface area contributed by atoms with Crippen LogP contribution in [0.3, 0.4) is 0 Å². The van der Waals surface area contributed by atoms with Gasteiger partial charge in [-0.1, -0.05) is 35.9 Å². The predicted octanol–water partition coefficient (Wildman–Crippen LogP) is 6.82. The molecule has 1 saturated heterocycles. The highest BCUT2D eigenvalue weighted by molar-refractivity contribution is 6.31. The maximum absolute atomic E-state index is 13.6. The van der Waals surface area contributed by atoms with E-state index in [2.05, 4.69) is 5.32 Å². The van der Waals surface area contributed by atoms with Gasteiger partial charge < -0.3 is 15.0 Å². The van der Waals surface area contributed by atoms with Crippen LogP contribution < -0.4 is 5.32 Å². The molecule has 0 aliphatic carbocycles. The summed E-state index contributed by atoms with van der Waals surface area (Å²) < 4.78 is 7.49. The largest absolute Gasteiger partial charge is 0.444 e. The van der Waals surface area contributed by atoms with Crippen molar-refractivity contribution in [2.45, 2.75) is 65.9 Å². The first-order valence-electron chi connectivity index (χ1n) is 12.6. The maximum Gasteiger partial charge on any atom is 0.410 e. The van der Waals surface area contributed by atoms with Crippen LogP contribution in [0, 0.1) is 20.8 Å². The number of piperidine rings is 1.